The molecule has 0 saturated carbocycles. The maximum atomic E-state index is 11.9. The van der Waals surface area contributed by atoms with Crippen LogP contribution in [-0.4, -0.2) is 48.5 Å². The molecule has 1 amide bonds. The summed E-state index contributed by atoms with van der Waals surface area (Å²) in [4.78, 5) is 18.3. The molecule has 0 spiro atoms. The third-order valence-corrected chi connectivity index (χ3v) is 3.70. The number of carbonyl (C=O) groups is 1. The first-order valence-corrected chi connectivity index (χ1v) is 6.80. The highest BCUT2D eigenvalue weighted by atomic mass is 79.9. The quantitative estimate of drug-likeness (QED) is 0.874. The van der Waals surface area contributed by atoms with E-state index in [4.69, 9.17) is 0 Å². The van der Waals surface area contributed by atoms with Crippen molar-refractivity contribution in [2.45, 2.75) is 6.92 Å². The number of nitrogens with zero attached hydrogens (tertiary/aromatic N) is 2. The Balaban J connectivity index is 1.88. The highest BCUT2D eigenvalue weighted by Crippen LogP contribution is 2.16. The maximum Gasteiger partial charge on any atom is 0.239 e. The van der Waals surface area contributed by atoms with Crippen molar-refractivity contribution in [3.8, 4) is 0 Å². The summed E-state index contributed by atoms with van der Waals surface area (Å²) in [5, 5.41) is 6.08. The number of anilines is 1. The van der Waals surface area contributed by atoms with Crippen LogP contribution in [0.1, 0.15) is 5.69 Å². The third kappa shape index (κ3) is 3.76. The molecule has 98 valence electrons. The summed E-state index contributed by atoms with van der Waals surface area (Å²) in [5.74, 6) is 0.599. The molecule has 18 heavy (non-hydrogen) atoms. The Morgan fingerprint density at radius 1 is 1.50 bits per heavy atom. The molecule has 2 heterocycles. The van der Waals surface area contributed by atoms with Crippen molar-refractivity contribution in [2.24, 2.45) is 0 Å². The molecule has 1 aromatic heterocycles. The van der Waals surface area contributed by atoms with Crippen LogP contribution in [-0.2, 0) is 4.79 Å². The van der Waals surface area contributed by atoms with Crippen LogP contribution in [0.2, 0.25) is 0 Å². The standard InChI is InChI=1S/C12H17BrN4O/c1-9-10(13)2-3-11(15-9)16-12(18)8-17-6-4-14-5-7-17/h2-3,14H,4-8H2,1H3,(H,15,16,18). The summed E-state index contributed by atoms with van der Waals surface area (Å²) in [6.45, 7) is 6.06. The van der Waals surface area contributed by atoms with Crippen LogP contribution in [0.4, 0.5) is 5.82 Å². The zero-order chi connectivity index (χ0) is 13.0. The predicted molar refractivity (Wildman–Crippen MR) is 74.6 cm³/mol. The molecule has 0 bridgehead atoms. The topological polar surface area (TPSA) is 57.3 Å². The fourth-order valence-corrected chi connectivity index (χ4v) is 2.09. The lowest BCUT2D eigenvalue weighted by Gasteiger charge is -2.26. The number of halogens is 1. The van der Waals surface area contributed by atoms with Gasteiger partial charge in [-0.25, -0.2) is 4.98 Å². The fraction of sp³-hybridized carbons (Fsp3) is 0.500. The van der Waals surface area contributed by atoms with Gasteiger partial charge in [-0.1, -0.05) is 0 Å². The summed E-state index contributed by atoms with van der Waals surface area (Å²) < 4.78 is 0.947. The lowest BCUT2D eigenvalue weighted by Crippen LogP contribution is -2.46. The average Bonchev–Trinajstić information content (AvgIpc) is 2.35. The monoisotopic (exact) mass is 312 g/mol. The van der Waals surface area contributed by atoms with Crippen molar-refractivity contribution in [3.63, 3.8) is 0 Å². The number of piperazine rings is 1. The highest BCUT2D eigenvalue weighted by Gasteiger charge is 2.13. The van der Waals surface area contributed by atoms with Gasteiger partial charge in [0.2, 0.25) is 5.91 Å². The molecule has 1 aromatic rings. The van der Waals surface area contributed by atoms with Crippen LogP contribution >= 0.6 is 15.9 Å². The zero-order valence-corrected chi connectivity index (χ0v) is 12.0. The van der Waals surface area contributed by atoms with E-state index in [9.17, 15) is 4.79 Å². The Labute approximate surface area is 115 Å². The van der Waals surface area contributed by atoms with Gasteiger partial charge in [-0.2, -0.15) is 0 Å². The highest BCUT2D eigenvalue weighted by molar-refractivity contribution is 9.10. The Morgan fingerprint density at radius 2 is 2.22 bits per heavy atom. The number of amides is 1. The van der Waals surface area contributed by atoms with Crippen LogP contribution in [0.15, 0.2) is 16.6 Å². The Kier molecular flexibility index (Phi) is 4.68. The number of nitrogens with one attached hydrogen (secondary N) is 2. The molecular formula is C12H17BrN4O. The molecule has 6 heteroatoms. The molecule has 0 radical (unpaired) electrons. The van der Waals surface area contributed by atoms with Crippen molar-refractivity contribution in [1.82, 2.24) is 15.2 Å². The molecule has 0 unspecified atom stereocenters. The average molecular weight is 313 g/mol. The van der Waals surface area contributed by atoms with E-state index in [2.05, 4.69) is 36.4 Å². The van der Waals surface area contributed by atoms with Gasteiger partial charge in [-0.15, -0.1) is 0 Å². The van der Waals surface area contributed by atoms with Crippen LogP contribution in [0.25, 0.3) is 0 Å². The van der Waals surface area contributed by atoms with E-state index in [1.807, 2.05) is 13.0 Å². The number of pyridine rings is 1. The van der Waals surface area contributed by atoms with E-state index in [0.29, 0.717) is 12.4 Å². The van der Waals surface area contributed by atoms with Crippen LogP contribution in [0.5, 0.6) is 0 Å². The number of aryl methyl sites for hydroxylation is 1. The van der Waals surface area contributed by atoms with Gasteiger partial charge in [0.25, 0.3) is 0 Å². The SMILES string of the molecule is Cc1nc(NC(=O)CN2CCNCC2)ccc1Br. The van der Waals surface area contributed by atoms with Gasteiger partial charge in [-0.3, -0.25) is 9.69 Å². The summed E-state index contributed by atoms with van der Waals surface area (Å²) in [5.41, 5.74) is 0.870. The van der Waals surface area contributed by atoms with Crippen molar-refractivity contribution in [3.05, 3.63) is 22.3 Å². The van der Waals surface area contributed by atoms with Gasteiger partial charge >= 0.3 is 0 Å². The molecule has 1 aliphatic rings. The van der Waals surface area contributed by atoms with E-state index in [1.54, 1.807) is 6.07 Å². The van der Waals surface area contributed by atoms with Gasteiger partial charge in [0.1, 0.15) is 5.82 Å². The van der Waals surface area contributed by atoms with Crippen molar-refractivity contribution in [1.29, 1.82) is 0 Å². The first kappa shape index (κ1) is 13.5. The van der Waals surface area contributed by atoms with Gasteiger partial charge in [0.05, 0.1) is 12.2 Å². The molecule has 0 aliphatic carbocycles. The van der Waals surface area contributed by atoms with Crippen molar-refractivity contribution >= 4 is 27.7 Å². The van der Waals surface area contributed by atoms with E-state index < -0.39 is 0 Å². The van der Waals surface area contributed by atoms with Crippen LogP contribution in [0.3, 0.4) is 0 Å². The van der Waals surface area contributed by atoms with Crippen molar-refractivity contribution < 1.29 is 4.79 Å². The van der Waals surface area contributed by atoms with Gasteiger partial charge in [0.15, 0.2) is 0 Å². The van der Waals surface area contributed by atoms with E-state index in [-0.39, 0.29) is 5.91 Å². The van der Waals surface area contributed by atoms with E-state index in [0.717, 1.165) is 36.3 Å². The molecule has 5 nitrogen and oxygen atoms in total. The Bertz CT molecular complexity index is 432. The lowest BCUT2D eigenvalue weighted by molar-refractivity contribution is -0.117. The second-order valence-electron chi connectivity index (χ2n) is 4.34. The number of aromatic nitrogens is 1. The summed E-state index contributed by atoms with van der Waals surface area (Å²) in [6.07, 6.45) is 0. The minimum atomic E-state index is -0.00822. The molecule has 2 rings (SSSR count). The van der Waals surface area contributed by atoms with Crippen LogP contribution in [0, 0.1) is 6.92 Å². The number of rotatable bonds is 3. The summed E-state index contributed by atoms with van der Waals surface area (Å²) >= 11 is 3.38. The smallest absolute Gasteiger partial charge is 0.239 e. The number of hydrogen-bond donors (Lipinski definition) is 2. The molecular weight excluding hydrogens is 296 g/mol. The first-order valence-electron chi connectivity index (χ1n) is 6.01. The number of carbonyl (C=O) groups excluding carboxylic acids is 1. The molecule has 0 atom stereocenters. The lowest BCUT2D eigenvalue weighted by atomic mass is 10.3. The molecule has 0 aromatic carbocycles. The van der Waals surface area contributed by atoms with Gasteiger partial charge in [0, 0.05) is 30.7 Å². The molecule has 1 saturated heterocycles. The Hall–Kier alpha value is -0.980. The van der Waals surface area contributed by atoms with E-state index in [1.165, 1.54) is 0 Å². The van der Waals surface area contributed by atoms with Crippen molar-refractivity contribution in [2.75, 3.05) is 38.0 Å². The van der Waals surface area contributed by atoms with Gasteiger partial charge < -0.3 is 10.6 Å². The minimum absolute atomic E-state index is 0.00822. The first-order chi connectivity index (χ1) is 8.65. The molecule has 1 aliphatic heterocycles. The Morgan fingerprint density at radius 3 is 2.89 bits per heavy atom. The summed E-state index contributed by atoms with van der Waals surface area (Å²) in [6, 6.07) is 3.69. The predicted octanol–water partition coefficient (Wildman–Crippen LogP) is 0.996. The van der Waals surface area contributed by atoms with Gasteiger partial charge in [-0.05, 0) is 35.0 Å². The molecule has 1 fully saturated rings. The number of hydrogen-bond acceptors (Lipinski definition) is 4. The summed E-state index contributed by atoms with van der Waals surface area (Å²) in [7, 11) is 0. The normalized spacial score (nSPS) is 16.6. The zero-order valence-electron chi connectivity index (χ0n) is 10.4. The van der Waals surface area contributed by atoms with Crippen LogP contribution < -0.4 is 10.6 Å². The largest absolute Gasteiger partial charge is 0.314 e. The second kappa shape index (κ2) is 6.26. The second-order valence-corrected chi connectivity index (χ2v) is 5.19. The van der Waals surface area contributed by atoms with E-state index >= 15 is 0 Å². The fourth-order valence-electron chi connectivity index (χ4n) is 1.87. The minimum Gasteiger partial charge on any atom is -0.314 e. The maximum absolute atomic E-state index is 11.9. The molecule has 2 N–H and O–H groups in total. The third-order valence-electron chi connectivity index (χ3n) is 2.87.